The first kappa shape index (κ1) is 25.9. The van der Waals surface area contributed by atoms with Gasteiger partial charge >= 0.3 is 6.09 Å². The highest BCUT2D eigenvalue weighted by molar-refractivity contribution is 5.99. The highest BCUT2D eigenvalue weighted by Crippen LogP contribution is 2.32. The van der Waals surface area contributed by atoms with E-state index >= 15 is 0 Å². The summed E-state index contributed by atoms with van der Waals surface area (Å²) in [6.45, 7) is 8.37. The molecule has 1 fully saturated rings. The monoisotopic (exact) mass is 537 g/mol. The normalized spacial score (nSPS) is 16.3. The fourth-order valence-corrected chi connectivity index (χ4v) is 5.38. The number of hydrogen-bond donors (Lipinski definition) is 3. The van der Waals surface area contributed by atoms with Crippen molar-refractivity contribution in [3.63, 3.8) is 0 Å². The van der Waals surface area contributed by atoms with E-state index in [1.165, 1.54) is 10.9 Å². The van der Waals surface area contributed by atoms with Crippen LogP contribution in [0.3, 0.4) is 0 Å². The zero-order chi connectivity index (χ0) is 27.7. The predicted molar refractivity (Wildman–Crippen MR) is 159 cm³/mol. The highest BCUT2D eigenvalue weighted by atomic mass is 16.6. The summed E-state index contributed by atoms with van der Waals surface area (Å²) in [7, 11) is 0. The second-order valence-electron chi connectivity index (χ2n) is 11.4. The third-order valence-electron chi connectivity index (χ3n) is 7.10. The number of piperidine rings is 1. The number of anilines is 2. The van der Waals surface area contributed by atoms with E-state index in [0.29, 0.717) is 0 Å². The number of likely N-dealkylation sites (tertiary alicyclic amines) is 1. The van der Waals surface area contributed by atoms with Crippen molar-refractivity contribution < 1.29 is 9.53 Å². The Morgan fingerprint density at radius 2 is 1.95 bits per heavy atom. The van der Waals surface area contributed by atoms with Crippen LogP contribution in [0.2, 0.25) is 0 Å². The first-order valence-corrected chi connectivity index (χ1v) is 13.8. The van der Waals surface area contributed by atoms with Crippen LogP contribution in [0.5, 0.6) is 0 Å². The zero-order valence-corrected chi connectivity index (χ0v) is 23.1. The van der Waals surface area contributed by atoms with Crippen molar-refractivity contribution in [2.45, 2.75) is 51.8 Å². The summed E-state index contributed by atoms with van der Waals surface area (Å²) in [6.07, 6.45) is 7.49. The van der Waals surface area contributed by atoms with Crippen molar-refractivity contribution >= 4 is 34.1 Å². The molecular weight excluding hydrogens is 502 g/mol. The lowest BCUT2D eigenvalue weighted by Gasteiger charge is -2.33. The van der Waals surface area contributed by atoms with Gasteiger partial charge in [0.2, 0.25) is 0 Å². The number of carbonyl (C=O) groups excluding carboxylic acids is 1. The minimum atomic E-state index is -0.527. The number of aromatic amines is 1. The second kappa shape index (κ2) is 10.7. The standard InChI is InChI=1S/C31H35N7O2/c1-31(2,3)40-30(39)35-22-12-10-21(11-13-22)19-37-15-6-7-23(20-37)34-28-17-25(29-32-14-16-38(29)36-28)26-18-33-27-9-5-4-8-24(26)27/h4-5,8-14,16-18,23,33H,6-7,15,19-20H2,1-3H3,(H,34,36)(H,35,39)/t23-/m1/s1. The van der Waals surface area contributed by atoms with Crippen LogP contribution in [-0.4, -0.2) is 55.3 Å². The lowest BCUT2D eigenvalue weighted by atomic mass is 10.0. The van der Waals surface area contributed by atoms with Crippen molar-refractivity contribution in [1.82, 2.24) is 24.5 Å². The molecule has 3 aromatic heterocycles. The number of fused-ring (bicyclic) bond motifs is 2. The summed E-state index contributed by atoms with van der Waals surface area (Å²) in [5.74, 6) is 0.843. The SMILES string of the molecule is CC(C)(C)OC(=O)Nc1ccc(CN2CCC[C@@H](Nc3cc(-c4c[nH]c5ccccc45)c4nccn4n3)C2)cc1. The minimum absolute atomic E-state index is 0.283. The van der Waals surface area contributed by atoms with Crippen LogP contribution in [0, 0.1) is 0 Å². The van der Waals surface area contributed by atoms with E-state index in [2.05, 4.69) is 68.1 Å². The van der Waals surface area contributed by atoms with Crippen molar-refractivity contribution in [1.29, 1.82) is 0 Å². The maximum Gasteiger partial charge on any atom is 0.412 e. The molecule has 1 saturated heterocycles. The first-order valence-electron chi connectivity index (χ1n) is 13.8. The molecule has 6 rings (SSSR count). The first-order chi connectivity index (χ1) is 19.3. The smallest absolute Gasteiger partial charge is 0.412 e. The number of nitrogens with zero attached hydrogens (tertiary/aromatic N) is 4. The fourth-order valence-electron chi connectivity index (χ4n) is 5.38. The number of amides is 1. The fraction of sp³-hybridized carbons (Fsp3) is 0.323. The Morgan fingerprint density at radius 3 is 2.77 bits per heavy atom. The van der Waals surface area contributed by atoms with Crippen LogP contribution >= 0.6 is 0 Å². The number of aromatic nitrogens is 4. The van der Waals surface area contributed by atoms with Gasteiger partial charge in [0, 0.05) is 65.4 Å². The van der Waals surface area contributed by atoms with Crippen molar-refractivity contribution in [3.05, 3.63) is 78.8 Å². The van der Waals surface area contributed by atoms with Gasteiger partial charge in [0.1, 0.15) is 11.4 Å². The number of carbonyl (C=O) groups is 1. The van der Waals surface area contributed by atoms with Crippen LogP contribution in [0.15, 0.2) is 73.2 Å². The molecule has 40 heavy (non-hydrogen) atoms. The van der Waals surface area contributed by atoms with E-state index in [1.54, 1.807) is 6.20 Å². The van der Waals surface area contributed by atoms with Crippen molar-refractivity contribution in [3.8, 4) is 11.1 Å². The molecule has 206 valence electrons. The Labute approximate surface area is 233 Å². The number of rotatable bonds is 6. The summed E-state index contributed by atoms with van der Waals surface area (Å²) in [4.78, 5) is 22.5. The molecule has 4 heterocycles. The molecular formula is C31H35N7O2. The van der Waals surface area contributed by atoms with E-state index in [9.17, 15) is 4.79 Å². The minimum Gasteiger partial charge on any atom is -0.444 e. The molecule has 3 N–H and O–H groups in total. The lowest BCUT2D eigenvalue weighted by Crippen LogP contribution is -2.41. The van der Waals surface area contributed by atoms with E-state index in [1.807, 2.05) is 49.7 Å². The van der Waals surface area contributed by atoms with Gasteiger partial charge in [-0.1, -0.05) is 30.3 Å². The van der Waals surface area contributed by atoms with Crippen LogP contribution in [0.1, 0.15) is 39.2 Å². The molecule has 1 aliphatic heterocycles. The van der Waals surface area contributed by atoms with E-state index in [4.69, 9.17) is 9.84 Å². The molecule has 2 aromatic carbocycles. The molecule has 5 aromatic rings. The Balaban J connectivity index is 1.13. The lowest BCUT2D eigenvalue weighted by molar-refractivity contribution is 0.0636. The number of nitrogens with one attached hydrogen (secondary N) is 3. The number of para-hydroxylation sites is 1. The largest absolute Gasteiger partial charge is 0.444 e. The Morgan fingerprint density at radius 1 is 1.12 bits per heavy atom. The topological polar surface area (TPSA) is 99.6 Å². The number of H-pyrrole nitrogens is 1. The Hall–Kier alpha value is -4.37. The molecule has 0 radical (unpaired) electrons. The quantitative estimate of drug-likeness (QED) is 0.235. The van der Waals surface area contributed by atoms with Gasteiger partial charge in [-0.15, -0.1) is 5.10 Å². The molecule has 1 aliphatic rings. The van der Waals surface area contributed by atoms with Gasteiger partial charge in [0.25, 0.3) is 0 Å². The average Bonchev–Trinajstić information content (AvgIpc) is 3.56. The third kappa shape index (κ3) is 5.79. The summed E-state index contributed by atoms with van der Waals surface area (Å²) in [6, 6.07) is 18.7. The van der Waals surface area contributed by atoms with Gasteiger partial charge in [-0.2, -0.15) is 0 Å². The number of benzene rings is 2. The molecule has 0 bridgehead atoms. The molecule has 0 unspecified atom stereocenters. The van der Waals surface area contributed by atoms with Gasteiger partial charge in [-0.3, -0.25) is 10.2 Å². The van der Waals surface area contributed by atoms with Gasteiger partial charge in [-0.25, -0.2) is 14.3 Å². The molecule has 0 spiro atoms. The van der Waals surface area contributed by atoms with Crippen LogP contribution in [-0.2, 0) is 11.3 Å². The number of hydrogen-bond acceptors (Lipinski definition) is 6. The Kier molecular flexibility index (Phi) is 6.89. The second-order valence-corrected chi connectivity index (χ2v) is 11.4. The molecule has 9 nitrogen and oxygen atoms in total. The number of imidazole rings is 1. The van der Waals surface area contributed by atoms with Crippen LogP contribution in [0.4, 0.5) is 16.3 Å². The van der Waals surface area contributed by atoms with Gasteiger partial charge in [-0.05, 0) is 70.0 Å². The van der Waals surface area contributed by atoms with Crippen LogP contribution in [0.25, 0.3) is 27.7 Å². The molecule has 1 atom stereocenters. The molecule has 1 amide bonds. The summed E-state index contributed by atoms with van der Waals surface area (Å²) in [5, 5.41) is 12.5. The van der Waals surface area contributed by atoms with E-state index < -0.39 is 11.7 Å². The van der Waals surface area contributed by atoms with Gasteiger partial charge in [0.05, 0.1) is 0 Å². The summed E-state index contributed by atoms with van der Waals surface area (Å²) >= 11 is 0. The molecule has 0 aliphatic carbocycles. The number of ether oxygens (including phenoxy) is 1. The Bertz CT molecular complexity index is 1630. The van der Waals surface area contributed by atoms with Crippen molar-refractivity contribution in [2.75, 3.05) is 23.7 Å². The maximum absolute atomic E-state index is 12.1. The summed E-state index contributed by atoms with van der Waals surface area (Å²) in [5.41, 5.74) is 5.51. The third-order valence-corrected chi connectivity index (χ3v) is 7.10. The molecule has 0 saturated carbocycles. The van der Waals surface area contributed by atoms with Gasteiger partial charge in [0.15, 0.2) is 5.65 Å². The molecule has 9 heteroatoms. The predicted octanol–water partition coefficient (Wildman–Crippen LogP) is 6.30. The van der Waals surface area contributed by atoms with Crippen LogP contribution < -0.4 is 10.6 Å². The van der Waals surface area contributed by atoms with E-state index in [0.717, 1.165) is 66.3 Å². The zero-order valence-electron chi connectivity index (χ0n) is 23.1. The van der Waals surface area contributed by atoms with Gasteiger partial charge < -0.3 is 15.0 Å². The maximum atomic E-state index is 12.1. The average molecular weight is 538 g/mol. The van der Waals surface area contributed by atoms with Crippen molar-refractivity contribution in [2.24, 2.45) is 0 Å². The summed E-state index contributed by atoms with van der Waals surface area (Å²) < 4.78 is 7.20. The van der Waals surface area contributed by atoms with E-state index in [-0.39, 0.29) is 6.04 Å². The highest BCUT2D eigenvalue weighted by Gasteiger charge is 2.22.